The van der Waals surface area contributed by atoms with Gasteiger partial charge in [0.1, 0.15) is 10.8 Å². The maximum Gasteiger partial charge on any atom is 0.416 e. The zero-order valence-corrected chi connectivity index (χ0v) is 15.9. The quantitative estimate of drug-likeness (QED) is 0.367. The monoisotopic (exact) mass is 417 g/mol. The van der Waals surface area contributed by atoms with Gasteiger partial charge in [-0.25, -0.2) is 9.37 Å². The van der Waals surface area contributed by atoms with Crippen molar-refractivity contribution >= 4 is 39.9 Å². The normalized spacial score (nSPS) is 11.6. The molecule has 0 unspecified atom stereocenters. The summed E-state index contributed by atoms with van der Waals surface area (Å²) in [6.45, 7) is 1.90. The second-order valence-corrected chi connectivity index (χ2v) is 7.82. The molecule has 2 aromatic heterocycles. The predicted molar refractivity (Wildman–Crippen MR) is 99.3 cm³/mol. The van der Waals surface area contributed by atoms with E-state index in [1.165, 1.54) is 29.8 Å². The lowest BCUT2D eigenvalue weighted by atomic mass is 10.1. The Kier molecular flexibility index (Phi) is 5.14. The van der Waals surface area contributed by atoms with Gasteiger partial charge in [0.25, 0.3) is 0 Å². The molecule has 2 nitrogen and oxygen atoms in total. The van der Waals surface area contributed by atoms with Crippen LogP contribution in [-0.4, -0.2) is 17.1 Å². The number of alkyl halides is 3. The molecule has 0 amide bonds. The minimum absolute atomic E-state index is 0.0837. The van der Waals surface area contributed by atoms with Crippen LogP contribution < -0.4 is 0 Å². The number of ether oxygens (including phenoxy) is 1. The number of halogens is 4. The number of hydrogen-bond donors (Lipinski definition) is 0. The molecule has 9 heteroatoms. The zero-order valence-electron chi connectivity index (χ0n) is 13.5. The maximum atomic E-state index is 13.6. The van der Waals surface area contributed by atoms with Crippen molar-refractivity contribution in [3.63, 3.8) is 0 Å². The maximum absolute atomic E-state index is 13.6. The molecular weight excluding hydrogens is 406 g/mol. The highest BCUT2D eigenvalue weighted by atomic mass is 32.1. The van der Waals surface area contributed by atoms with E-state index in [4.69, 9.17) is 17.0 Å². The zero-order chi connectivity index (χ0) is 19.1. The van der Waals surface area contributed by atoms with Crippen molar-refractivity contribution in [3.05, 3.63) is 50.8 Å². The molecule has 3 rings (SSSR count). The third kappa shape index (κ3) is 3.79. The Bertz CT molecular complexity index is 975. The Morgan fingerprint density at radius 3 is 2.58 bits per heavy atom. The number of aromatic nitrogens is 1. The standard InChI is InChI=1S/C17H11F4NOS3/c1-8-12(6-14(26-8)16(24)23-2)15-22-13(7-25-15)9-3-10(17(19,20)21)5-11(18)4-9/h3-7H,1-2H3. The molecule has 0 bridgehead atoms. The van der Waals surface area contributed by atoms with Crippen molar-refractivity contribution in [3.8, 4) is 21.8 Å². The van der Waals surface area contributed by atoms with Crippen LogP contribution in [-0.2, 0) is 10.9 Å². The van der Waals surface area contributed by atoms with Gasteiger partial charge in [0.05, 0.1) is 23.2 Å². The van der Waals surface area contributed by atoms with E-state index < -0.39 is 17.6 Å². The van der Waals surface area contributed by atoms with Crippen LogP contribution >= 0.6 is 34.9 Å². The summed E-state index contributed by atoms with van der Waals surface area (Å²) in [7, 11) is 1.49. The van der Waals surface area contributed by atoms with E-state index >= 15 is 0 Å². The number of aryl methyl sites for hydroxylation is 1. The lowest BCUT2D eigenvalue weighted by molar-refractivity contribution is -0.137. The number of nitrogens with zero attached hydrogens (tertiary/aromatic N) is 1. The number of methoxy groups -OCH3 is 1. The molecule has 0 aliphatic carbocycles. The summed E-state index contributed by atoms with van der Waals surface area (Å²) in [5.74, 6) is -0.955. The number of hydrogen-bond acceptors (Lipinski definition) is 5. The van der Waals surface area contributed by atoms with E-state index in [1.807, 2.05) is 13.0 Å². The molecule has 0 N–H and O–H groups in total. The van der Waals surface area contributed by atoms with Crippen LogP contribution in [0.1, 0.15) is 15.3 Å². The Labute approximate surface area is 160 Å². The number of thiophene rings is 1. The molecule has 0 radical (unpaired) electrons. The second kappa shape index (κ2) is 7.05. The Morgan fingerprint density at radius 2 is 1.92 bits per heavy atom. The highest BCUT2D eigenvalue weighted by Gasteiger charge is 2.31. The van der Waals surface area contributed by atoms with Gasteiger partial charge in [0.15, 0.2) is 0 Å². The first-order valence-electron chi connectivity index (χ1n) is 7.22. The van der Waals surface area contributed by atoms with Gasteiger partial charge in [-0.05, 0) is 43.4 Å². The van der Waals surface area contributed by atoms with Crippen LogP contribution in [0.3, 0.4) is 0 Å². The fraction of sp³-hybridized carbons (Fsp3) is 0.176. The number of benzene rings is 1. The molecule has 0 spiro atoms. The summed E-state index contributed by atoms with van der Waals surface area (Å²) in [6, 6.07) is 4.24. The van der Waals surface area contributed by atoms with E-state index in [-0.39, 0.29) is 11.3 Å². The Hall–Kier alpha value is -1.84. The molecular formula is C17H11F4NOS3. The van der Waals surface area contributed by atoms with Crippen LogP contribution in [0.2, 0.25) is 0 Å². The molecule has 0 atom stereocenters. The van der Waals surface area contributed by atoms with Crippen molar-refractivity contribution in [2.75, 3.05) is 7.11 Å². The largest absolute Gasteiger partial charge is 0.486 e. The van der Waals surface area contributed by atoms with Crippen molar-refractivity contribution in [1.29, 1.82) is 0 Å². The van der Waals surface area contributed by atoms with Crippen LogP contribution in [0.15, 0.2) is 29.6 Å². The van der Waals surface area contributed by atoms with Gasteiger partial charge >= 0.3 is 6.18 Å². The predicted octanol–water partition coefficient (Wildman–Crippen LogP) is 6.33. The molecule has 0 saturated carbocycles. The smallest absolute Gasteiger partial charge is 0.416 e. The summed E-state index contributed by atoms with van der Waals surface area (Å²) >= 11 is 7.83. The molecule has 136 valence electrons. The van der Waals surface area contributed by atoms with Crippen molar-refractivity contribution < 1.29 is 22.3 Å². The highest BCUT2D eigenvalue weighted by molar-refractivity contribution is 7.80. The van der Waals surface area contributed by atoms with Gasteiger partial charge in [-0.3, -0.25) is 0 Å². The Balaban J connectivity index is 2.00. The number of thiazole rings is 1. The molecule has 2 heterocycles. The van der Waals surface area contributed by atoms with E-state index in [0.717, 1.165) is 27.5 Å². The van der Waals surface area contributed by atoms with Crippen LogP contribution in [0, 0.1) is 12.7 Å². The number of rotatable bonds is 3. The lowest BCUT2D eigenvalue weighted by Gasteiger charge is -2.08. The summed E-state index contributed by atoms with van der Waals surface area (Å²) < 4.78 is 57.3. The first-order valence-corrected chi connectivity index (χ1v) is 9.32. The van der Waals surface area contributed by atoms with Crippen molar-refractivity contribution in [1.82, 2.24) is 4.98 Å². The highest BCUT2D eigenvalue weighted by Crippen LogP contribution is 2.37. The molecule has 0 saturated heterocycles. The van der Waals surface area contributed by atoms with Gasteiger partial charge < -0.3 is 4.74 Å². The summed E-state index contributed by atoms with van der Waals surface area (Å²) in [5, 5.41) is 2.59. The van der Waals surface area contributed by atoms with Crippen molar-refractivity contribution in [2.45, 2.75) is 13.1 Å². The van der Waals surface area contributed by atoms with E-state index in [1.54, 1.807) is 5.38 Å². The van der Waals surface area contributed by atoms with Gasteiger partial charge in [-0.1, -0.05) is 0 Å². The summed E-state index contributed by atoms with van der Waals surface area (Å²) in [4.78, 5) is 6.11. The average Bonchev–Trinajstić information content (AvgIpc) is 3.19. The molecule has 0 fully saturated rings. The Morgan fingerprint density at radius 1 is 1.19 bits per heavy atom. The third-order valence-electron chi connectivity index (χ3n) is 3.56. The van der Waals surface area contributed by atoms with E-state index in [0.29, 0.717) is 16.1 Å². The number of thiocarbonyl (C=S) groups is 1. The molecule has 26 heavy (non-hydrogen) atoms. The van der Waals surface area contributed by atoms with Crippen LogP contribution in [0.5, 0.6) is 0 Å². The van der Waals surface area contributed by atoms with Gasteiger partial charge in [-0.15, -0.1) is 22.7 Å². The van der Waals surface area contributed by atoms with Gasteiger partial charge in [-0.2, -0.15) is 13.2 Å². The minimum atomic E-state index is -4.62. The van der Waals surface area contributed by atoms with E-state index in [2.05, 4.69) is 4.98 Å². The summed E-state index contributed by atoms with van der Waals surface area (Å²) in [5.41, 5.74) is 0.159. The molecule has 1 aromatic carbocycles. The SMILES string of the molecule is COC(=S)c1cc(-c2nc(-c3cc(F)cc(C(F)(F)F)c3)cs2)c(C)s1. The second-order valence-electron chi connectivity index (χ2n) is 5.34. The van der Waals surface area contributed by atoms with Gasteiger partial charge in [0, 0.05) is 21.4 Å². The molecule has 0 aliphatic heterocycles. The topological polar surface area (TPSA) is 22.1 Å². The first kappa shape index (κ1) is 18.9. The molecule has 3 aromatic rings. The lowest BCUT2D eigenvalue weighted by Crippen LogP contribution is -2.05. The van der Waals surface area contributed by atoms with Crippen LogP contribution in [0.4, 0.5) is 17.6 Å². The van der Waals surface area contributed by atoms with E-state index in [9.17, 15) is 17.6 Å². The van der Waals surface area contributed by atoms with Gasteiger partial charge in [0.2, 0.25) is 5.05 Å². The first-order chi connectivity index (χ1) is 12.2. The fourth-order valence-electron chi connectivity index (χ4n) is 2.33. The molecule has 0 aliphatic rings. The van der Waals surface area contributed by atoms with Crippen LogP contribution in [0.25, 0.3) is 21.8 Å². The fourth-order valence-corrected chi connectivity index (χ4v) is 4.42. The minimum Gasteiger partial charge on any atom is -0.486 e. The van der Waals surface area contributed by atoms with Crippen molar-refractivity contribution in [2.24, 2.45) is 0 Å². The summed E-state index contributed by atoms with van der Waals surface area (Å²) in [6.07, 6.45) is -4.62. The average molecular weight is 417 g/mol. The third-order valence-corrected chi connectivity index (χ3v) is 6.00.